The van der Waals surface area contributed by atoms with E-state index in [4.69, 9.17) is 4.42 Å². The Morgan fingerprint density at radius 1 is 1.29 bits per heavy atom. The van der Waals surface area contributed by atoms with Crippen molar-refractivity contribution in [3.63, 3.8) is 0 Å². The summed E-state index contributed by atoms with van der Waals surface area (Å²) in [6, 6.07) is 1.96. The van der Waals surface area contributed by atoms with Crippen LogP contribution in [0.15, 0.2) is 16.7 Å². The zero-order valence-electron chi connectivity index (χ0n) is 17.7. The molecule has 2 aliphatic rings. The number of amides is 1. The van der Waals surface area contributed by atoms with Crippen LogP contribution < -0.4 is 0 Å². The summed E-state index contributed by atoms with van der Waals surface area (Å²) in [6.45, 7) is 14.0. The van der Waals surface area contributed by atoms with E-state index in [1.165, 1.54) is 17.7 Å². The minimum atomic E-state index is -0.0932. The fourth-order valence-electron chi connectivity index (χ4n) is 4.48. The van der Waals surface area contributed by atoms with Gasteiger partial charge in [0.2, 0.25) is 0 Å². The van der Waals surface area contributed by atoms with Crippen molar-refractivity contribution in [1.82, 2.24) is 14.8 Å². The number of hydrogen-bond acceptors (Lipinski definition) is 5. The maximum absolute atomic E-state index is 13.3. The maximum Gasteiger partial charge on any atom is 0.257 e. The van der Waals surface area contributed by atoms with E-state index in [-0.39, 0.29) is 16.9 Å². The van der Waals surface area contributed by atoms with Gasteiger partial charge in [0.05, 0.1) is 10.6 Å². The molecular weight excluding hydrogens is 370 g/mol. The van der Waals surface area contributed by atoms with E-state index in [9.17, 15) is 4.79 Å². The van der Waals surface area contributed by atoms with Crippen molar-refractivity contribution in [2.24, 2.45) is 0 Å². The fraction of sp³-hybridized carbons (Fsp3) is 0.636. The van der Waals surface area contributed by atoms with Gasteiger partial charge in [-0.05, 0) is 39.2 Å². The predicted molar refractivity (Wildman–Crippen MR) is 112 cm³/mol. The van der Waals surface area contributed by atoms with Crippen LogP contribution in [0.3, 0.4) is 0 Å². The van der Waals surface area contributed by atoms with E-state index >= 15 is 0 Å². The molecule has 1 atom stereocenters. The SMILES string of the molecule is Cc1ncc(CN2CC[C@]23CCCN(C(=O)c2cc(C(C)(C)C)oc2C)C3)s1. The summed E-state index contributed by atoms with van der Waals surface area (Å²) in [5.74, 6) is 1.74. The first-order valence-electron chi connectivity index (χ1n) is 10.2. The molecular formula is C22H31N3O2S. The lowest BCUT2D eigenvalue weighted by atomic mass is 9.77. The highest BCUT2D eigenvalue weighted by molar-refractivity contribution is 7.11. The Bertz CT molecular complexity index is 879. The van der Waals surface area contributed by atoms with Crippen LogP contribution in [0.4, 0.5) is 0 Å². The van der Waals surface area contributed by atoms with Gasteiger partial charge < -0.3 is 9.32 Å². The highest BCUT2D eigenvalue weighted by atomic mass is 32.1. The second-order valence-electron chi connectivity index (χ2n) is 9.40. The number of rotatable bonds is 3. The minimum Gasteiger partial charge on any atom is -0.465 e. The maximum atomic E-state index is 13.3. The smallest absolute Gasteiger partial charge is 0.257 e. The summed E-state index contributed by atoms with van der Waals surface area (Å²) in [6.07, 6.45) is 5.41. The van der Waals surface area contributed by atoms with Gasteiger partial charge in [0.25, 0.3) is 5.91 Å². The number of furan rings is 1. The number of piperidine rings is 1. The number of carbonyl (C=O) groups excluding carboxylic acids is 1. The van der Waals surface area contributed by atoms with Crippen LogP contribution in [-0.2, 0) is 12.0 Å². The molecule has 5 nitrogen and oxygen atoms in total. The summed E-state index contributed by atoms with van der Waals surface area (Å²) in [4.78, 5) is 23.6. The van der Waals surface area contributed by atoms with E-state index in [0.717, 1.165) is 54.7 Å². The van der Waals surface area contributed by atoms with Gasteiger partial charge in [0.15, 0.2) is 0 Å². The Morgan fingerprint density at radius 2 is 2.07 bits per heavy atom. The molecule has 4 heterocycles. The van der Waals surface area contributed by atoms with Crippen LogP contribution in [-0.4, -0.2) is 45.9 Å². The van der Waals surface area contributed by atoms with E-state index in [1.807, 2.05) is 19.2 Å². The standard InChI is InChI=1S/C22H31N3O2S/c1-15-18(11-19(27-15)21(3,4)5)20(26)24-9-6-7-22(14-24)8-10-25(22)13-17-12-23-16(2)28-17/h11-12H,6-10,13-14H2,1-5H3/t22-/m0/s1. The van der Waals surface area contributed by atoms with Crippen LogP contribution in [0.5, 0.6) is 0 Å². The first-order valence-corrected chi connectivity index (χ1v) is 11.1. The summed E-state index contributed by atoms with van der Waals surface area (Å²) >= 11 is 1.78. The van der Waals surface area contributed by atoms with Gasteiger partial charge in [-0.25, -0.2) is 4.98 Å². The van der Waals surface area contributed by atoms with Gasteiger partial charge >= 0.3 is 0 Å². The molecule has 2 fully saturated rings. The predicted octanol–water partition coefficient (Wildman–Crippen LogP) is 4.53. The molecule has 2 aromatic rings. The molecule has 2 aromatic heterocycles. The van der Waals surface area contributed by atoms with Crippen LogP contribution >= 0.6 is 11.3 Å². The normalized spacial score (nSPS) is 23.2. The Labute approximate surface area is 171 Å². The molecule has 0 aliphatic carbocycles. The Morgan fingerprint density at radius 3 is 2.64 bits per heavy atom. The number of aromatic nitrogens is 1. The quantitative estimate of drug-likeness (QED) is 0.758. The van der Waals surface area contributed by atoms with Crippen molar-refractivity contribution in [1.29, 1.82) is 0 Å². The lowest BCUT2D eigenvalue weighted by Crippen LogP contribution is -2.66. The van der Waals surface area contributed by atoms with Crippen LogP contribution in [0.2, 0.25) is 0 Å². The van der Waals surface area contributed by atoms with Gasteiger partial charge in [0.1, 0.15) is 11.5 Å². The summed E-state index contributed by atoms with van der Waals surface area (Å²) < 4.78 is 5.92. The molecule has 0 N–H and O–H groups in total. The molecule has 28 heavy (non-hydrogen) atoms. The Hall–Kier alpha value is -1.66. The molecule has 6 heteroatoms. The van der Waals surface area contributed by atoms with Crippen molar-refractivity contribution in [2.45, 2.75) is 71.4 Å². The summed E-state index contributed by atoms with van der Waals surface area (Å²) in [5.41, 5.74) is 0.770. The van der Waals surface area contributed by atoms with Crippen molar-refractivity contribution >= 4 is 17.2 Å². The molecule has 0 unspecified atom stereocenters. The lowest BCUT2D eigenvalue weighted by molar-refractivity contribution is -0.0643. The highest BCUT2D eigenvalue weighted by Crippen LogP contribution is 2.40. The third-order valence-electron chi connectivity index (χ3n) is 6.26. The molecule has 2 saturated heterocycles. The first-order chi connectivity index (χ1) is 13.2. The summed E-state index contributed by atoms with van der Waals surface area (Å²) in [5, 5.41) is 1.12. The average molecular weight is 402 g/mol. The van der Waals surface area contributed by atoms with Crippen LogP contribution in [0.25, 0.3) is 0 Å². The number of likely N-dealkylation sites (tertiary alicyclic amines) is 2. The number of carbonyl (C=O) groups is 1. The molecule has 0 bridgehead atoms. The zero-order valence-corrected chi connectivity index (χ0v) is 18.5. The number of hydrogen-bond donors (Lipinski definition) is 0. The van der Waals surface area contributed by atoms with Crippen molar-refractivity contribution in [2.75, 3.05) is 19.6 Å². The molecule has 0 radical (unpaired) electrons. The van der Waals surface area contributed by atoms with E-state index < -0.39 is 0 Å². The number of thiazole rings is 1. The topological polar surface area (TPSA) is 49.6 Å². The van der Waals surface area contributed by atoms with Gasteiger partial charge in [0, 0.05) is 48.2 Å². The van der Waals surface area contributed by atoms with Gasteiger partial charge in [-0.2, -0.15) is 0 Å². The highest BCUT2D eigenvalue weighted by Gasteiger charge is 2.48. The van der Waals surface area contributed by atoms with E-state index in [0.29, 0.717) is 0 Å². The average Bonchev–Trinajstić information content (AvgIpc) is 3.23. The molecule has 0 aromatic carbocycles. The van der Waals surface area contributed by atoms with Crippen molar-refractivity contribution in [3.8, 4) is 0 Å². The first kappa shape index (κ1) is 19.6. The molecule has 4 rings (SSSR count). The van der Waals surface area contributed by atoms with E-state index in [2.05, 4.69) is 42.5 Å². The number of nitrogens with zero attached hydrogens (tertiary/aromatic N) is 3. The van der Waals surface area contributed by atoms with Crippen molar-refractivity contribution < 1.29 is 9.21 Å². The molecule has 152 valence electrons. The minimum absolute atomic E-state index is 0.0932. The molecule has 0 saturated carbocycles. The third kappa shape index (κ3) is 3.52. The zero-order chi connectivity index (χ0) is 20.1. The van der Waals surface area contributed by atoms with E-state index in [1.54, 1.807) is 11.3 Å². The Balaban J connectivity index is 1.49. The van der Waals surface area contributed by atoms with Gasteiger partial charge in [-0.15, -0.1) is 11.3 Å². The second-order valence-corrected chi connectivity index (χ2v) is 10.7. The van der Waals surface area contributed by atoms with Crippen molar-refractivity contribution in [3.05, 3.63) is 39.2 Å². The summed E-state index contributed by atoms with van der Waals surface area (Å²) in [7, 11) is 0. The van der Waals surface area contributed by atoms with Crippen LogP contribution in [0, 0.1) is 13.8 Å². The monoisotopic (exact) mass is 401 g/mol. The van der Waals surface area contributed by atoms with Gasteiger partial charge in [-0.1, -0.05) is 20.8 Å². The van der Waals surface area contributed by atoms with Gasteiger partial charge in [-0.3, -0.25) is 9.69 Å². The fourth-order valence-corrected chi connectivity index (χ4v) is 5.29. The molecule has 1 spiro atoms. The third-order valence-corrected chi connectivity index (χ3v) is 7.16. The lowest BCUT2D eigenvalue weighted by Gasteiger charge is -2.57. The largest absolute Gasteiger partial charge is 0.465 e. The Kier molecular flexibility index (Phi) is 4.91. The molecule has 1 amide bonds. The second kappa shape index (κ2) is 6.99. The molecule has 2 aliphatic heterocycles. The van der Waals surface area contributed by atoms with Crippen LogP contribution in [0.1, 0.15) is 71.8 Å². The number of aryl methyl sites for hydroxylation is 2.